The fourth-order valence-electron chi connectivity index (χ4n) is 2.02. The summed E-state index contributed by atoms with van der Waals surface area (Å²) < 4.78 is 30.8. The van der Waals surface area contributed by atoms with E-state index in [9.17, 15) is 8.78 Å². The molecule has 0 amide bonds. The van der Waals surface area contributed by atoms with E-state index in [0.29, 0.717) is 17.5 Å². The molecule has 0 aromatic carbocycles. The van der Waals surface area contributed by atoms with Gasteiger partial charge in [0.1, 0.15) is 17.5 Å². The van der Waals surface area contributed by atoms with Crippen LogP contribution in [0.1, 0.15) is 31.2 Å². The quantitative estimate of drug-likeness (QED) is 0.884. The van der Waals surface area contributed by atoms with E-state index in [-0.39, 0.29) is 11.8 Å². The normalized spacial score (nSPS) is 24.3. The minimum atomic E-state index is -2.56. The molecule has 94 valence electrons. The molecule has 2 heterocycles. The summed E-state index contributed by atoms with van der Waals surface area (Å²) in [4.78, 5) is 3.78. The monoisotopic (exact) mass is 242 g/mol. The van der Waals surface area contributed by atoms with Crippen molar-refractivity contribution >= 4 is 0 Å². The van der Waals surface area contributed by atoms with Crippen LogP contribution in [0.15, 0.2) is 12.1 Å². The van der Waals surface area contributed by atoms with Gasteiger partial charge < -0.3 is 10.1 Å². The summed E-state index contributed by atoms with van der Waals surface area (Å²) in [5, 5.41) is 3.25. The van der Waals surface area contributed by atoms with Crippen molar-refractivity contribution in [1.82, 2.24) is 10.3 Å². The van der Waals surface area contributed by atoms with Crippen LogP contribution in [-0.4, -0.2) is 23.7 Å². The molecule has 3 nitrogen and oxygen atoms in total. The van der Waals surface area contributed by atoms with Crippen LogP contribution in [0.3, 0.4) is 0 Å². The third-order valence-corrected chi connectivity index (χ3v) is 2.78. The zero-order valence-corrected chi connectivity index (χ0v) is 9.91. The van der Waals surface area contributed by atoms with Crippen molar-refractivity contribution in [3.05, 3.63) is 23.5 Å². The van der Waals surface area contributed by atoms with Gasteiger partial charge >= 0.3 is 0 Å². The molecule has 1 aromatic heterocycles. The van der Waals surface area contributed by atoms with E-state index < -0.39 is 6.43 Å². The fourth-order valence-corrected chi connectivity index (χ4v) is 2.02. The summed E-state index contributed by atoms with van der Waals surface area (Å²) in [6.07, 6.45) is -1.61. The van der Waals surface area contributed by atoms with Crippen LogP contribution < -0.4 is 10.1 Å². The van der Waals surface area contributed by atoms with Crippen LogP contribution in [0, 0.1) is 6.92 Å². The molecule has 2 atom stereocenters. The van der Waals surface area contributed by atoms with Crippen LogP contribution in [0.4, 0.5) is 8.78 Å². The Labute approximate surface area is 99.2 Å². The fraction of sp³-hybridized carbons (Fsp3) is 0.583. The lowest BCUT2D eigenvalue weighted by molar-refractivity contribution is 0.144. The molecule has 1 N–H and O–H groups in total. The van der Waals surface area contributed by atoms with E-state index >= 15 is 0 Å². The second-order valence-corrected chi connectivity index (χ2v) is 4.45. The average molecular weight is 242 g/mol. The van der Waals surface area contributed by atoms with Gasteiger partial charge in [-0.25, -0.2) is 8.78 Å². The topological polar surface area (TPSA) is 34.1 Å². The number of pyridine rings is 1. The van der Waals surface area contributed by atoms with Gasteiger partial charge in [-0.3, -0.25) is 4.98 Å². The second kappa shape index (κ2) is 4.96. The number of nitrogens with zero attached hydrogens (tertiary/aromatic N) is 1. The Hall–Kier alpha value is -1.23. The van der Waals surface area contributed by atoms with Gasteiger partial charge in [-0.2, -0.15) is 0 Å². The average Bonchev–Trinajstić information content (AvgIpc) is 2.63. The summed E-state index contributed by atoms with van der Waals surface area (Å²) >= 11 is 0. The number of halogens is 2. The van der Waals surface area contributed by atoms with Crippen molar-refractivity contribution in [2.75, 3.05) is 6.54 Å². The molecule has 0 bridgehead atoms. The van der Waals surface area contributed by atoms with Crippen molar-refractivity contribution < 1.29 is 13.5 Å². The highest BCUT2D eigenvalue weighted by molar-refractivity contribution is 5.27. The van der Waals surface area contributed by atoms with Gasteiger partial charge in [-0.1, -0.05) is 0 Å². The lowest BCUT2D eigenvalue weighted by Gasteiger charge is -2.14. The standard InChI is InChI=1S/C12H16F2N2O/c1-7-3-10(6-15-7)17-9-4-8(2)16-11(5-9)12(13)14/h4-5,7,10,12,15H,3,6H2,1-2H3/t7-,10+/m0/s1. The highest BCUT2D eigenvalue weighted by Crippen LogP contribution is 2.24. The Bertz CT molecular complexity index is 398. The van der Waals surface area contributed by atoms with Crippen molar-refractivity contribution in [3.63, 3.8) is 0 Å². The Morgan fingerprint density at radius 1 is 1.47 bits per heavy atom. The summed E-state index contributed by atoms with van der Waals surface area (Å²) in [6, 6.07) is 3.42. The molecule has 1 saturated heterocycles. The lowest BCUT2D eigenvalue weighted by Crippen LogP contribution is -2.20. The maximum atomic E-state index is 12.6. The number of alkyl halides is 2. The molecule has 0 radical (unpaired) electrons. The third-order valence-electron chi connectivity index (χ3n) is 2.78. The van der Waals surface area contributed by atoms with E-state index in [1.807, 2.05) is 0 Å². The van der Waals surface area contributed by atoms with E-state index in [0.717, 1.165) is 13.0 Å². The largest absolute Gasteiger partial charge is 0.489 e. The Morgan fingerprint density at radius 3 is 2.82 bits per heavy atom. The molecular formula is C12H16F2N2O. The van der Waals surface area contributed by atoms with Crippen LogP contribution in [0.5, 0.6) is 5.75 Å². The van der Waals surface area contributed by atoms with E-state index in [1.54, 1.807) is 13.0 Å². The summed E-state index contributed by atoms with van der Waals surface area (Å²) in [6.45, 7) is 4.52. The lowest BCUT2D eigenvalue weighted by atomic mass is 10.2. The van der Waals surface area contributed by atoms with Gasteiger partial charge in [0.05, 0.1) is 0 Å². The van der Waals surface area contributed by atoms with Gasteiger partial charge in [0.15, 0.2) is 0 Å². The van der Waals surface area contributed by atoms with E-state index in [4.69, 9.17) is 4.74 Å². The first-order valence-electron chi connectivity index (χ1n) is 5.71. The molecule has 0 unspecified atom stereocenters. The Kier molecular flexibility index (Phi) is 3.57. The molecule has 0 spiro atoms. The highest BCUT2D eigenvalue weighted by Gasteiger charge is 2.22. The third kappa shape index (κ3) is 3.12. The van der Waals surface area contributed by atoms with Crippen LogP contribution >= 0.6 is 0 Å². The first-order valence-corrected chi connectivity index (χ1v) is 5.71. The summed E-state index contributed by atoms with van der Waals surface area (Å²) in [5.74, 6) is 0.480. The van der Waals surface area contributed by atoms with E-state index in [2.05, 4.69) is 17.2 Å². The van der Waals surface area contributed by atoms with Gasteiger partial charge in [0.25, 0.3) is 6.43 Å². The maximum Gasteiger partial charge on any atom is 0.280 e. The zero-order valence-electron chi connectivity index (χ0n) is 9.91. The number of rotatable bonds is 3. The number of ether oxygens (including phenoxy) is 1. The van der Waals surface area contributed by atoms with Crippen molar-refractivity contribution in [2.45, 2.75) is 38.8 Å². The van der Waals surface area contributed by atoms with Gasteiger partial charge in [0, 0.05) is 36.8 Å². The minimum Gasteiger partial charge on any atom is -0.489 e. The van der Waals surface area contributed by atoms with Crippen molar-refractivity contribution in [3.8, 4) is 5.75 Å². The molecule has 1 aromatic rings. The minimum absolute atomic E-state index is 0.0531. The molecule has 17 heavy (non-hydrogen) atoms. The summed E-state index contributed by atoms with van der Waals surface area (Å²) in [7, 11) is 0. The first-order chi connectivity index (χ1) is 8.04. The number of nitrogens with one attached hydrogen (secondary N) is 1. The van der Waals surface area contributed by atoms with Gasteiger partial charge in [-0.05, 0) is 13.8 Å². The first kappa shape index (κ1) is 12.2. The predicted octanol–water partition coefficient (Wildman–Crippen LogP) is 2.46. The SMILES string of the molecule is Cc1cc(O[C@H]2CN[C@@H](C)C2)cc(C(F)F)n1. The Balaban J connectivity index is 2.10. The molecule has 1 aliphatic heterocycles. The molecule has 0 saturated carbocycles. The zero-order chi connectivity index (χ0) is 12.4. The smallest absolute Gasteiger partial charge is 0.280 e. The molecule has 5 heteroatoms. The highest BCUT2D eigenvalue weighted by atomic mass is 19.3. The molecule has 2 rings (SSSR count). The number of aromatic nitrogens is 1. The number of hydrogen-bond acceptors (Lipinski definition) is 3. The molecule has 1 aliphatic rings. The molecule has 0 aliphatic carbocycles. The summed E-state index contributed by atoms with van der Waals surface area (Å²) in [5.41, 5.74) is 0.329. The predicted molar refractivity (Wildman–Crippen MR) is 60.4 cm³/mol. The van der Waals surface area contributed by atoms with Gasteiger partial charge in [-0.15, -0.1) is 0 Å². The van der Waals surface area contributed by atoms with E-state index in [1.165, 1.54) is 6.07 Å². The number of hydrogen-bond donors (Lipinski definition) is 1. The molecular weight excluding hydrogens is 226 g/mol. The van der Waals surface area contributed by atoms with Crippen LogP contribution in [0.2, 0.25) is 0 Å². The molecule has 1 fully saturated rings. The maximum absolute atomic E-state index is 12.6. The van der Waals surface area contributed by atoms with Crippen LogP contribution in [0.25, 0.3) is 0 Å². The van der Waals surface area contributed by atoms with Crippen molar-refractivity contribution in [1.29, 1.82) is 0 Å². The second-order valence-electron chi connectivity index (χ2n) is 4.45. The number of aryl methyl sites for hydroxylation is 1. The van der Waals surface area contributed by atoms with Crippen molar-refractivity contribution in [2.24, 2.45) is 0 Å². The van der Waals surface area contributed by atoms with Crippen LogP contribution in [-0.2, 0) is 0 Å². The Morgan fingerprint density at radius 2 is 2.24 bits per heavy atom. The van der Waals surface area contributed by atoms with Gasteiger partial charge in [0.2, 0.25) is 0 Å².